The number of nitrogens with zero attached hydrogens (tertiary/aromatic N) is 1. The maximum absolute atomic E-state index is 5.88. The van der Waals surface area contributed by atoms with Gasteiger partial charge in [0.15, 0.2) is 0 Å². The molecule has 3 nitrogen and oxygen atoms in total. The molecular formula is C20H26N2O. The van der Waals surface area contributed by atoms with E-state index in [1.807, 2.05) is 18.2 Å². The summed E-state index contributed by atoms with van der Waals surface area (Å²) in [4.78, 5) is 2.58. The predicted molar refractivity (Wildman–Crippen MR) is 94.7 cm³/mol. The molecule has 1 N–H and O–H groups in total. The van der Waals surface area contributed by atoms with Crippen LogP contribution in [0.1, 0.15) is 30.5 Å². The van der Waals surface area contributed by atoms with Crippen LogP contribution in [0.25, 0.3) is 0 Å². The highest BCUT2D eigenvalue weighted by Crippen LogP contribution is 2.26. The Balaban J connectivity index is 1.61. The van der Waals surface area contributed by atoms with Gasteiger partial charge in [-0.2, -0.15) is 0 Å². The van der Waals surface area contributed by atoms with Crippen LogP contribution in [0.5, 0.6) is 5.75 Å². The van der Waals surface area contributed by atoms with Crippen molar-refractivity contribution in [1.29, 1.82) is 0 Å². The summed E-state index contributed by atoms with van der Waals surface area (Å²) in [7, 11) is 0. The molecular weight excluding hydrogens is 284 g/mol. The first-order chi connectivity index (χ1) is 11.4. The molecule has 2 aromatic carbocycles. The van der Waals surface area contributed by atoms with Gasteiger partial charge in [-0.25, -0.2) is 0 Å². The Morgan fingerprint density at radius 1 is 1.00 bits per heavy atom. The third kappa shape index (κ3) is 4.34. The van der Waals surface area contributed by atoms with Gasteiger partial charge in [0.05, 0.1) is 0 Å². The second kappa shape index (κ2) is 8.14. The zero-order valence-corrected chi connectivity index (χ0v) is 13.9. The fraction of sp³-hybridized carbons (Fsp3) is 0.400. The summed E-state index contributed by atoms with van der Waals surface area (Å²) >= 11 is 0. The fourth-order valence-electron chi connectivity index (χ4n) is 3.23. The molecule has 23 heavy (non-hydrogen) atoms. The van der Waals surface area contributed by atoms with Crippen molar-refractivity contribution in [2.24, 2.45) is 0 Å². The summed E-state index contributed by atoms with van der Waals surface area (Å²) < 4.78 is 5.88. The van der Waals surface area contributed by atoms with Crippen molar-refractivity contribution in [1.82, 2.24) is 10.2 Å². The van der Waals surface area contributed by atoms with Crippen molar-refractivity contribution in [3.63, 3.8) is 0 Å². The smallest absolute Gasteiger partial charge is 0.119 e. The summed E-state index contributed by atoms with van der Waals surface area (Å²) in [6.45, 7) is 7.33. The quantitative estimate of drug-likeness (QED) is 0.882. The van der Waals surface area contributed by atoms with Crippen molar-refractivity contribution < 1.29 is 4.74 Å². The molecule has 1 atom stereocenters. The predicted octanol–water partition coefficient (Wildman–Crippen LogP) is 3.62. The van der Waals surface area contributed by atoms with Gasteiger partial charge in [-0.15, -0.1) is 0 Å². The number of benzene rings is 2. The van der Waals surface area contributed by atoms with Crippen LogP contribution in [0.2, 0.25) is 0 Å². The molecule has 0 spiro atoms. The maximum atomic E-state index is 5.88. The summed E-state index contributed by atoms with van der Waals surface area (Å²) in [5, 5.41) is 3.42. The SMILES string of the molecule is CC[C@H](c1ccc(OCc2ccccc2)cc1)N1CCNCC1. The van der Waals surface area contributed by atoms with Crippen molar-refractivity contribution >= 4 is 0 Å². The minimum absolute atomic E-state index is 0.514. The van der Waals surface area contributed by atoms with Crippen molar-refractivity contribution in [2.75, 3.05) is 26.2 Å². The standard InChI is InChI=1S/C20H26N2O/c1-2-20(22-14-12-21-13-15-22)18-8-10-19(11-9-18)23-16-17-6-4-3-5-7-17/h3-11,20-21H,2,12-16H2,1H3/t20-/m1/s1. The Hall–Kier alpha value is -1.84. The summed E-state index contributed by atoms with van der Waals surface area (Å²) in [6, 6.07) is 19.4. The lowest BCUT2D eigenvalue weighted by Gasteiger charge is -2.34. The maximum Gasteiger partial charge on any atom is 0.119 e. The van der Waals surface area contributed by atoms with E-state index in [1.54, 1.807) is 0 Å². The molecule has 2 aromatic rings. The fourth-order valence-corrected chi connectivity index (χ4v) is 3.23. The van der Waals surface area contributed by atoms with Crippen LogP contribution in [-0.2, 0) is 6.61 Å². The Labute approximate surface area is 139 Å². The molecule has 1 aliphatic rings. The van der Waals surface area contributed by atoms with E-state index < -0.39 is 0 Å². The molecule has 0 aliphatic carbocycles. The van der Waals surface area contributed by atoms with E-state index in [2.05, 4.69) is 53.5 Å². The molecule has 0 amide bonds. The van der Waals surface area contributed by atoms with E-state index in [0.717, 1.165) is 38.3 Å². The van der Waals surface area contributed by atoms with Crippen LogP contribution in [-0.4, -0.2) is 31.1 Å². The van der Waals surface area contributed by atoms with Gasteiger partial charge >= 0.3 is 0 Å². The molecule has 3 heteroatoms. The molecule has 0 aromatic heterocycles. The zero-order chi connectivity index (χ0) is 15.9. The lowest BCUT2D eigenvalue weighted by molar-refractivity contribution is 0.169. The van der Waals surface area contributed by atoms with E-state index in [0.29, 0.717) is 12.6 Å². The number of ether oxygens (including phenoxy) is 1. The molecule has 1 aliphatic heterocycles. The minimum atomic E-state index is 0.514. The third-order valence-corrected chi connectivity index (χ3v) is 4.49. The van der Waals surface area contributed by atoms with Crippen molar-refractivity contribution in [3.05, 3.63) is 65.7 Å². The second-order valence-corrected chi connectivity index (χ2v) is 6.05. The Kier molecular flexibility index (Phi) is 5.67. The lowest BCUT2D eigenvalue weighted by atomic mass is 10.0. The van der Waals surface area contributed by atoms with Gasteiger partial charge in [-0.3, -0.25) is 4.90 Å². The van der Waals surface area contributed by atoms with Gasteiger partial charge in [0.25, 0.3) is 0 Å². The van der Waals surface area contributed by atoms with Crippen molar-refractivity contribution in [2.45, 2.75) is 26.0 Å². The van der Waals surface area contributed by atoms with E-state index in [-0.39, 0.29) is 0 Å². The van der Waals surface area contributed by atoms with E-state index >= 15 is 0 Å². The van der Waals surface area contributed by atoms with Gasteiger partial charge in [0.1, 0.15) is 12.4 Å². The van der Waals surface area contributed by atoms with Crippen molar-refractivity contribution in [3.8, 4) is 5.75 Å². The summed E-state index contributed by atoms with van der Waals surface area (Å²) in [6.07, 6.45) is 1.14. The zero-order valence-electron chi connectivity index (χ0n) is 13.9. The first-order valence-corrected chi connectivity index (χ1v) is 8.58. The van der Waals surface area contributed by atoms with Gasteiger partial charge in [0.2, 0.25) is 0 Å². The molecule has 0 radical (unpaired) electrons. The summed E-state index contributed by atoms with van der Waals surface area (Å²) in [5.41, 5.74) is 2.59. The Morgan fingerprint density at radius 3 is 2.35 bits per heavy atom. The van der Waals surface area contributed by atoms with Gasteiger partial charge in [-0.05, 0) is 29.7 Å². The average Bonchev–Trinajstić information content (AvgIpc) is 2.63. The molecule has 1 fully saturated rings. The molecule has 1 saturated heterocycles. The number of nitrogens with one attached hydrogen (secondary N) is 1. The van der Waals surface area contributed by atoms with Crippen LogP contribution in [0.4, 0.5) is 0 Å². The molecule has 0 saturated carbocycles. The minimum Gasteiger partial charge on any atom is -0.489 e. The number of hydrogen-bond donors (Lipinski definition) is 1. The van der Waals surface area contributed by atoms with E-state index in [9.17, 15) is 0 Å². The van der Waals surface area contributed by atoms with Crippen LogP contribution < -0.4 is 10.1 Å². The second-order valence-electron chi connectivity index (χ2n) is 6.05. The van der Waals surface area contributed by atoms with Gasteiger partial charge in [0, 0.05) is 32.2 Å². The first kappa shape index (κ1) is 16.0. The van der Waals surface area contributed by atoms with Gasteiger partial charge < -0.3 is 10.1 Å². The van der Waals surface area contributed by atoms with Gasteiger partial charge in [-0.1, -0.05) is 49.4 Å². The number of hydrogen-bond acceptors (Lipinski definition) is 3. The number of rotatable bonds is 6. The summed E-state index contributed by atoms with van der Waals surface area (Å²) in [5.74, 6) is 0.938. The average molecular weight is 310 g/mol. The topological polar surface area (TPSA) is 24.5 Å². The largest absolute Gasteiger partial charge is 0.489 e. The number of piperazine rings is 1. The van der Waals surface area contributed by atoms with E-state index in [4.69, 9.17) is 4.74 Å². The highest BCUT2D eigenvalue weighted by atomic mass is 16.5. The Bertz CT molecular complexity index is 576. The first-order valence-electron chi connectivity index (χ1n) is 8.58. The monoisotopic (exact) mass is 310 g/mol. The molecule has 3 rings (SSSR count). The van der Waals surface area contributed by atoms with Crippen LogP contribution in [0, 0.1) is 0 Å². The Morgan fingerprint density at radius 2 is 1.70 bits per heavy atom. The van der Waals surface area contributed by atoms with Crippen LogP contribution in [0.3, 0.4) is 0 Å². The van der Waals surface area contributed by atoms with Crippen LogP contribution >= 0.6 is 0 Å². The molecule has 122 valence electrons. The molecule has 0 bridgehead atoms. The van der Waals surface area contributed by atoms with Crippen LogP contribution in [0.15, 0.2) is 54.6 Å². The highest BCUT2D eigenvalue weighted by molar-refractivity contribution is 5.29. The molecule has 0 unspecified atom stereocenters. The lowest BCUT2D eigenvalue weighted by Crippen LogP contribution is -2.45. The highest BCUT2D eigenvalue weighted by Gasteiger charge is 2.20. The normalized spacial score (nSPS) is 16.9. The molecule has 1 heterocycles. The van der Waals surface area contributed by atoms with E-state index in [1.165, 1.54) is 11.1 Å². The third-order valence-electron chi connectivity index (χ3n) is 4.49.